The zero-order chi connectivity index (χ0) is 23.2. The van der Waals surface area contributed by atoms with E-state index in [1.54, 1.807) is 0 Å². The molecule has 3 amide bonds. The van der Waals surface area contributed by atoms with E-state index in [1.165, 1.54) is 4.90 Å². The summed E-state index contributed by atoms with van der Waals surface area (Å²) in [5, 5.41) is 3.06. The molecule has 0 radical (unpaired) electrons. The molecule has 2 atom stereocenters. The van der Waals surface area contributed by atoms with Crippen LogP contribution in [-0.4, -0.2) is 72.3 Å². The van der Waals surface area contributed by atoms with E-state index in [0.717, 1.165) is 57.2 Å². The average Bonchev–Trinajstić information content (AvgIpc) is 3.55. The minimum absolute atomic E-state index is 0.00521. The number of amides is 3. The summed E-state index contributed by atoms with van der Waals surface area (Å²) in [4.78, 5) is 41.2. The third kappa shape index (κ3) is 5.83. The van der Waals surface area contributed by atoms with Gasteiger partial charge in [-0.15, -0.1) is 0 Å². The first-order valence-electron chi connectivity index (χ1n) is 11.9. The Hall–Kier alpha value is -2.65. The van der Waals surface area contributed by atoms with E-state index in [1.807, 2.05) is 35.2 Å². The van der Waals surface area contributed by atoms with Gasteiger partial charge in [0.15, 0.2) is 0 Å². The van der Waals surface area contributed by atoms with Gasteiger partial charge in [0.2, 0.25) is 11.8 Å². The van der Waals surface area contributed by atoms with Crippen LogP contribution < -0.4 is 11.1 Å². The van der Waals surface area contributed by atoms with Crippen LogP contribution in [0.4, 0.5) is 4.79 Å². The van der Waals surface area contributed by atoms with Gasteiger partial charge in [0, 0.05) is 19.1 Å². The molecule has 9 heteroatoms. The van der Waals surface area contributed by atoms with Gasteiger partial charge in [-0.2, -0.15) is 0 Å². The van der Waals surface area contributed by atoms with Crippen molar-refractivity contribution in [3.63, 3.8) is 0 Å². The summed E-state index contributed by atoms with van der Waals surface area (Å²) in [6.45, 7) is 1.95. The summed E-state index contributed by atoms with van der Waals surface area (Å²) in [5.74, 6) is -0.0247. The predicted molar refractivity (Wildman–Crippen MR) is 121 cm³/mol. The fourth-order valence-corrected chi connectivity index (χ4v) is 4.91. The quantitative estimate of drug-likeness (QED) is 0.669. The van der Waals surface area contributed by atoms with Crippen molar-refractivity contribution in [1.29, 1.82) is 0 Å². The van der Waals surface area contributed by atoms with Gasteiger partial charge >= 0.3 is 6.09 Å². The second-order valence-electron chi connectivity index (χ2n) is 9.20. The summed E-state index contributed by atoms with van der Waals surface area (Å²) in [6.07, 6.45) is 4.68. The molecule has 2 aliphatic heterocycles. The van der Waals surface area contributed by atoms with Crippen molar-refractivity contribution in [3.05, 3.63) is 35.9 Å². The monoisotopic (exact) mass is 458 g/mol. The minimum Gasteiger partial charge on any atom is -0.444 e. The lowest BCUT2D eigenvalue weighted by Gasteiger charge is -2.34. The fourth-order valence-electron chi connectivity index (χ4n) is 4.91. The molecule has 3 N–H and O–H groups in total. The van der Waals surface area contributed by atoms with E-state index >= 15 is 0 Å². The predicted octanol–water partition coefficient (Wildman–Crippen LogP) is 1.61. The van der Waals surface area contributed by atoms with Crippen molar-refractivity contribution in [1.82, 2.24) is 15.1 Å². The molecule has 33 heavy (non-hydrogen) atoms. The van der Waals surface area contributed by atoms with Crippen LogP contribution in [0.15, 0.2) is 30.3 Å². The summed E-state index contributed by atoms with van der Waals surface area (Å²) >= 11 is 0. The van der Waals surface area contributed by atoms with Gasteiger partial charge in [0.1, 0.15) is 19.4 Å². The number of rotatable bonds is 6. The van der Waals surface area contributed by atoms with Gasteiger partial charge in [0.05, 0.1) is 12.6 Å². The van der Waals surface area contributed by atoms with E-state index < -0.39 is 18.2 Å². The number of hydrogen-bond acceptors (Lipinski definition) is 6. The van der Waals surface area contributed by atoms with Crippen LogP contribution in [-0.2, 0) is 25.7 Å². The zero-order valence-electron chi connectivity index (χ0n) is 19.0. The Bertz CT molecular complexity index is 821. The summed E-state index contributed by atoms with van der Waals surface area (Å²) in [6, 6.07) is 8.24. The van der Waals surface area contributed by atoms with Crippen molar-refractivity contribution in [2.24, 2.45) is 11.7 Å². The highest BCUT2D eigenvalue weighted by atomic mass is 16.6. The molecule has 1 aliphatic carbocycles. The number of likely N-dealkylation sites (tertiary alicyclic amines) is 1. The average molecular weight is 459 g/mol. The van der Waals surface area contributed by atoms with E-state index in [2.05, 4.69) is 5.32 Å². The Morgan fingerprint density at radius 3 is 2.48 bits per heavy atom. The van der Waals surface area contributed by atoms with Crippen LogP contribution in [0, 0.1) is 5.92 Å². The van der Waals surface area contributed by atoms with E-state index in [0.29, 0.717) is 0 Å². The van der Waals surface area contributed by atoms with E-state index in [-0.39, 0.29) is 43.7 Å². The molecule has 0 bridgehead atoms. The van der Waals surface area contributed by atoms with Crippen molar-refractivity contribution < 1.29 is 23.9 Å². The van der Waals surface area contributed by atoms with Gasteiger partial charge in [0.25, 0.3) is 0 Å². The number of nitrogens with two attached hydrogens (primary N) is 1. The highest BCUT2D eigenvalue weighted by Gasteiger charge is 2.38. The number of nitrogens with one attached hydrogen (secondary N) is 1. The zero-order valence-corrected chi connectivity index (χ0v) is 19.0. The minimum atomic E-state index is -0.704. The molecule has 2 heterocycles. The second kappa shape index (κ2) is 11.0. The smallest absolute Gasteiger partial charge is 0.412 e. The normalized spacial score (nSPS) is 26.2. The third-order valence-corrected chi connectivity index (χ3v) is 6.95. The lowest BCUT2D eigenvalue weighted by molar-refractivity contribution is -0.133. The molecule has 180 valence electrons. The maximum atomic E-state index is 12.9. The Balaban J connectivity index is 1.22. The number of carbonyl (C=O) groups is 3. The van der Waals surface area contributed by atoms with Crippen LogP contribution in [0.1, 0.15) is 44.1 Å². The fraction of sp³-hybridized carbons (Fsp3) is 0.625. The first-order chi connectivity index (χ1) is 16.0. The molecule has 3 fully saturated rings. The SMILES string of the molecule is N[C@H](C(=O)N1CCCC1)C1CCC(NC(=O)[C@H]2COCN2C(=O)OCc2ccccc2)CC1. The van der Waals surface area contributed by atoms with Gasteiger partial charge in [-0.1, -0.05) is 30.3 Å². The molecule has 0 spiro atoms. The Kier molecular flexibility index (Phi) is 7.82. The Morgan fingerprint density at radius 1 is 1.09 bits per heavy atom. The second-order valence-corrected chi connectivity index (χ2v) is 9.20. The van der Waals surface area contributed by atoms with Gasteiger partial charge in [-0.3, -0.25) is 14.5 Å². The Labute approximate surface area is 194 Å². The standard InChI is InChI=1S/C24H34N4O5/c25-21(23(30)27-12-4-5-13-27)18-8-10-19(11-9-18)26-22(29)20-15-32-16-28(20)24(31)33-14-17-6-2-1-3-7-17/h1-3,6-7,18-21H,4-5,8-16,25H2,(H,26,29)/t18?,19?,20-,21+/m1/s1. The molecule has 0 aromatic heterocycles. The van der Waals surface area contributed by atoms with Crippen molar-refractivity contribution in [2.45, 2.75) is 63.3 Å². The first kappa shape index (κ1) is 23.5. The molecule has 9 nitrogen and oxygen atoms in total. The molecule has 0 unspecified atom stereocenters. The van der Waals surface area contributed by atoms with Crippen LogP contribution in [0.25, 0.3) is 0 Å². The molecule has 1 saturated carbocycles. The number of carbonyl (C=O) groups excluding carboxylic acids is 3. The molecule has 2 saturated heterocycles. The Morgan fingerprint density at radius 2 is 1.79 bits per heavy atom. The summed E-state index contributed by atoms with van der Waals surface area (Å²) in [5.41, 5.74) is 7.17. The van der Waals surface area contributed by atoms with Crippen LogP contribution >= 0.6 is 0 Å². The lowest BCUT2D eigenvalue weighted by Crippen LogP contribution is -2.52. The molecule has 3 aliphatic rings. The number of nitrogens with zero attached hydrogens (tertiary/aromatic N) is 2. The molecule has 4 rings (SSSR count). The number of benzene rings is 1. The van der Waals surface area contributed by atoms with E-state index in [9.17, 15) is 14.4 Å². The highest BCUT2D eigenvalue weighted by molar-refractivity contribution is 5.86. The largest absolute Gasteiger partial charge is 0.444 e. The summed E-state index contributed by atoms with van der Waals surface area (Å²) in [7, 11) is 0. The van der Waals surface area contributed by atoms with E-state index in [4.69, 9.17) is 15.2 Å². The van der Waals surface area contributed by atoms with Crippen molar-refractivity contribution in [2.75, 3.05) is 26.4 Å². The topological polar surface area (TPSA) is 114 Å². The van der Waals surface area contributed by atoms with Gasteiger partial charge in [-0.25, -0.2) is 4.79 Å². The highest BCUT2D eigenvalue weighted by Crippen LogP contribution is 2.28. The first-order valence-corrected chi connectivity index (χ1v) is 11.9. The van der Waals surface area contributed by atoms with Crippen molar-refractivity contribution >= 4 is 17.9 Å². The maximum absolute atomic E-state index is 12.9. The van der Waals surface area contributed by atoms with Crippen LogP contribution in [0.5, 0.6) is 0 Å². The van der Waals surface area contributed by atoms with Crippen LogP contribution in [0.2, 0.25) is 0 Å². The van der Waals surface area contributed by atoms with Crippen molar-refractivity contribution in [3.8, 4) is 0 Å². The van der Waals surface area contributed by atoms with Crippen LogP contribution in [0.3, 0.4) is 0 Å². The molecule has 1 aromatic carbocycles. The van der Waals surface area contributed by atoms with Gasteiger partial charge < -0.3 is 25.4 Å². The number of hydrogen-bond donors (Lipinski definition) is 2. The lowest BCUT2D eigenvalue weighted by atomic mass is 9.81. The molecule has 1 aromatic rings. The number of ether oxygens (including phenoxy) is 2. The van der Waals surface area contributed by atoms with Gasteiger partial charge in [-0.05, 0) is 50.0 Å². The molecular weight excluding hydrogens is 424 g/mol. The molecular formula is C24H34N4O5. The maximum Gasteiger partial charge on any atom is 0.412 e. The summed E-state index contributed by atoms with van der Waals surface area (Å²) < 4.78 is 10.7. The third-order valence-electron chi connectivity index (χ3n) is 6.95.